The minimum absolute atomic E-state index is 0.334. The molecule has 0 aliphatic rings. The summed E-state index contributed by atoms with van der Waals surface area (Å²) in [6.07, 6.45) is 0.709. The summed E-state index contributed by atoms with van der Waals surface area (Å²) in [5, 5.41) is 3.73. The molecular formula is C13H14BrFN2O. The van der Waals surface area contributed by atoms with Gasteiger partial charge in [-0.05, 0) is 30.5 Å². The van der Waals surface area contributed by atoms with Crippen molar-refractivity contribution in [3.63, 3.8) is 0 Å². The van der Waals surface area contributed by atoms with Crippen LogP contribution < -0.4 is 5.73 Å². The maximum Gasteiger partial charge on any atom is 0.175 e. The maximum absolute atomic E-state index is 13.9. The first-order valence-corrected chi connectivity index (χ1v) is 6.47. The van der Waals surface area contributed by atoms with Gasteiger partial charge in [0.1, 0.15) is 5.82 Å². The number of nitrogens with zero attached hydrogens (tertiary/aromatic N) is 1. The molecule has 0 aliphatic carbocycles. The van der Waals surface area contributed by atoms with Crippen molar-refractivity contribution < 1.29 is 8.91 Å². The molecule has 5 heteroatoms. The summed E-state index contributed by atoms with van der Waals surface area (Å²) in [6, 6.07) is 4.81. The molecule has 0 fully saturated rings. The lowest BCUT2D eigenvalue weighted by atomic mass is 9.99. The van der Waals surface area contributed by atoms with Crippen molar-refractivity contribution in [1.82, 2.24) is 5.16 Å². The third-order valence-electron chi connectivity index (χ3n) is 2.61. The highest BCUT2D eigenvalue weighted by atomic mass is 79.9. The number of benzene rings is 1. The average Bonchev–Trinajstić information content (AvgIpc) is 2.60. The van der Waals surface area contributed by atoms with E-state index in [9.17, 15) is 4.39 Å². The lowest BCUT2D eigenvalue weighted by Gasteiger charge is -2.06. The largest absolute Gasteiger partial charge is 0.381 e. The molecule has 1 aromatic carbocycles. The van der Waals surface area contributed by atoms with Crippen LogP contribution in [0.5, 0.6) is 0 Å². The number of halogens is 2. The Morgan fingerprint density at radius 1 is 1.44 bits per heavy atom. The smallest absolute Gasteiger partial charge is 0.175 e. The van der Waals surface area contributed by atoms with Gasteiger partial charge in [0.15, 0.2) is 11.6 Å². The fraction of sp³-hybridized carbons (Fsp3) is 0.308. The van der Waals surface area contributed by atoms with Crippen LogP contribution in [0.15, 0.2) is 27.2 Å². The van der Waals surface area contributed by atoms with E-state index >= 15 is 0 Å². The van der Waals surface area contributed by atoms with Crippen molar-refractivity contribution >= 4 is 21.7 Å². The van der Waals surface area contributed by atoms with Gasteiger partial charge in [-0.1, -0.05) is 34.9 Å². The second-order valence-electron chi connectivity index (χ2n) is 4.60. The predicted octanol–water partition coefficient (Wildman–Crippen LogP) is 4.02. The van der Waals surface area contributed by atoms with E-state index in [4.69, 9.17) is 10.3 Å². The Bertz CT molecular complexity index is 566. The second kappa shape index (κ2) is 5.10. The Hall–Kier alpha value is -1.36. The predicted molar refractivity (Wildman–Crippen MR) is 72.6 cm³/mol. The normalized spacial score (nSPS) is 11.2. The second-order valence-corrected chi connectivity index (χ2v) is 5.51. The molecule has 0 aliphatic heterocycles. The van der Waals surface area contributed by atoms with Crippen molar-refractivity contribution in [1.29, 1.82) is 0 Å². The van der Waals surface area contributed by atoms with Crippen LogP contribution >= 0.6 is 15.9 Å². The Labute approximate surface area is 113 Å². The Morgan fingerprint density at radius 2 is 2.17 bits per heavy atom. The van der Waals surface area contributed by atoms with E-state index in [1.807, 2.05) is 0 Å². The van der Waals surface area contributed by atoms with E-state index in [0.717, 1.165) is 5.56 Å². The van der Waals surface area contributed by atoms with Gasteiger partial charge in [-0.2, -0.15) is 0 Å². The van der Waals surface area contributed by atoms with Crippen LogP contribution in [-0.4, -0.2) is 5.16 Å². The van der Waals surface area contributed by atoms with Crippen LogP contribution in [0, 0.1) is 11.7 Å². The Balaban J connectivity index is 2.50. The molecule has 0 bridgehead atoms. The standard InChI is InChI=1S/C13H14BrFN2O/c1-7(2)5-10-12(18-17-13(10)16)9-4-3-8(14)6-11(9)15/h3-4,6-7H,5H2,1-2H3,(H2,16,17). The number of hydrogen-bond acceptors (Lipinski definition) is 3. The van der Waals surface area contributed by atoms with Crippen LogP contribution in [0.4, 0.5) is 10.2 Å². The molecule has 2 aromatic rings. The highest BCUT2D eigenvalue weighted by Crippen LogP contribution is 2.32. The van der Waals surface area contributed by atoms with Crippen LogP contribution in [-0.2, 0) is 6.42 Å². The van der Waals surface area contributed by atoms with E-state index < -0.39 is 0 Å². The number of aromatic nitrogens is 1. The Kier molecular flexibility index (Phi) is 3.71. The maximum atomic E-state index is 13.9. The first kappa shape index (κ1) is 13.1. The summed E-state index contributed by atoms with van der Waals surface area (Å²) in [6.45, 7) is 4.13. The van der Waals surface area contributed by atoms with Crippen LogP contribution in [0.3, 0.4) is 0 Å². The molecule has 0 spiro atoms. The summed E-state index contributed by atoms with van der Waals surface area (Å²) >= 11 is 3.22. The van der Waals surface area contributed by atoms with Gasteiger partial charge in [0.2, 0.25) is 0 Å². The van der Waals surface area contributed by atoms with Crippen LogP contribution in [0.25, 0.3) is 11.3 Å². The summed E-state index contributed by atoms with van der Waals surface area (Å²) in [4.78, 5) is 0. The van der Waals surface area contributed by atoms with Crippen molar-refractivity contribution in [3.8, 4) is 11.3 Å². The molecule has 2 N–H and O–H groups in total. The summed E-state index contributed by atoms with van der Waals surface area (Å²) < 4.78 is 19.8. The van der Waals surface area contributed by atoms with Gasteiger partial charge < -0.3 is 10.3 Å². The summed E-state index contributed by atoms with van der Waals surface area (Å²) in [7, 11) is 0. The van der Waals surface area contributed by atoms with Crippen LogP contribution in [0.2, 0.25) is 0 Å². The van der Waals surface area contributed by atoms with Crippen molar-refractivity contribution in [2.45, 2.75) is 20.3 Å². The Morgan fingerprint density at radius 3 is 2.78 bits per heavy atom. The fourth-order valence-corrected chi connectivity index (χ4v) is 2.15. The van der Waals surface area contributed by atoms with Gasteiger partial charge in [-0.25, -0.2) is 4.39 Å². The topological polar surface area (TPSA) is 52.0 Å². The molecule has 0 saturated carbocycles. The molecule has 0 unspecified atom stereocenters. The SMILES string of the molecule is CC(C)Cc1c(N)noc1-c1ccc(Br)cc1F. The zero-order chi connectivity index (χ0) is 13.3. The first-order valence-electron chi connectivity index (χ1n) is 5.68. The number of nitrogens with two attached hydrogens (primary N) is 1. The van der Waals surface area contributed by atoms with Gasteiger partial charge >= 0.3 is 0 Å². The van der Waals surface area contributed by atoms with Gasteiger partial charge in [0, 0.05) is 10.0 Å². The van der Waals surface area contributed by atoms with E-state index in [-0.39, 0.29) is 5.82 Å². The number of hydrogen-bond donors (Lipinski definition) is 1. The lowest BCUT2D eigenvalue weighted by molar-refractivity contribution is 0.432. The number of nitrogen functional groups attached to an aromatic ring is 1. The number of anilines is 1. The molecule has 0 radical (unpaired) electrons. The van der Waals surface area contributed by atoms with Crippen LogP contribution in [0.1, 0.15) is 19.4 Å². The van der Waals surface area contributed by atoms with Crippen molar-refractivity contribution in [2.75, 3.05) is 5.73 Å². The fourth-order valence-electron chi connectivity index (χ4n) is 1.81. The average molecular weight is 313 g/mol. The molecule has 18 heavy (non-hydrogen) atoms. The third-order valence-corrected chi connectivity index (χ3v) is 3.10. The zero-order valence-corrected chi connectivity index (χ0v) is 11.8. The highest BCUT2D eigenvalue weighted by molar-refractivity contribution is 9.10. The molecule has 2 rings (SSSR count). The molecular weight excluding hydrogens is 299 g/mol. The van der Waals surface area contributed by atoms with E-state index in [0.29, 0.717) is 34.0 Å². The molecule has 3 nitrogen and oxygen atoms in total. The van der Waals surface area contributed by atoms with E-state index in [1.54, 1.807) is 12.1 Å². The van der Waals surface area contributed by atoms with Gasteiger partial charge in [-0.15, -0.1) is 0 Å². The summed E-state index contributed by atoms with van der Waals surface area (Å²) in [5.41, 5.74) is 6.93. The summed E-state index contributed by atoms with van der Waals surface area (Å²) in [5.74, 6) is 0.793. The monoisotopic (exact) mass is 312 g/mol. The highest BCUT2D eigenvalue weighted by Gasteiger charge is 2.19. The molecule has 0 atom stereocenters. The quantitative estimate of drug-likeness (QED) is 0.931. The molecule has 1 aromatic heterocycles. The van der Waals surface area contributed by atoms with Gasteiger partial charge in [0.25, 0.3) is 0 Å². The molecule has 0 amide bonds. The van der Waals surface area contributed by atoms with Crippen molar-refractivity contribution in [3.05, 3.63) is 34.1 Å². The van der Waals surface area contributed by atoms with E-state index in [2.05, 4.69) is 34.9 Å². The lowest BCUT2D eigenvalue weighted by Crippen LogP contribution is -1.99. The van der Waals surface area contributed by atoms with Gasteiger partial charge in [-0.3, -0.25) is 0 Å². The first-order chi connectivity index (χ1) is 8.49. The number of rotatable bonds is 3. The van der Waals surface area contributed by atoms with Gasteiger partial charge in [0.05, 0.1) is 5.56 Å². The molecule has 96 valence electrons. The minimum atomic E-state index is -0.356. The third kappa shape index (κ3) is 2.56. The minimum Gasteiger partial charge on any atom is -0.381 e. The molecule has 0 saturated heterocycles. The van der Waals surface area contributed by atoms with E-state index in [1.165, 1.54) is 6.07 Å². The molecule has 1 heterocycles. The zero-order valence-electron chi connectivity index (χ0n) is 10.2. The van der Waals surface area contributed by atoms with Crippen molar-refractivity contribution in [2.24, 2.45) is 5.92 Å².